The number of rotatable bonds is 4. The minimum Gasteiger partial charge on any atom is -0.351 e. The Labute approximate surface area is 162 Å². The standard InChI is InChI=1S/C18H14ClF3N4O2/c1-2-23-17(28)15-16(18(20,21)22)26(10-24-15)13-5-3-12(4-6-13)25-8-7-11(19)9-14(25)27/h3-10H,2H2,1H3,(H,23,28). The summed E-state index contributed by atoms with van der Waals surface area (Å²) in [5.74, 6) is -0.905. The summed E-state index contributed by atoms with van der Waals surface area (Å²) in [6, 6.07) is 8.51. The Balaban J connectivity index is 2.05. The number of amides is 1. The molecule has 0 spiro atoms. The van der Waals surface area contributed by atoms with Crippen molar-refractivity contribution in [3.63, 3.8) is 0 Å². The van der Waals surface area contributed by atoms with Crippen molar-refractivity contribution in [2.45, 2.75) is 13.1 Å². The highest BCUT2D eigenvalue weighted by molar-refractivity contribution is 6.30. The van der Waals surface area contributed by atoms with Crippen LogP contribution in [0.2, 0.25) is 5.02 Å². The van der Waals surface area contributed by atoms with Crippen LogP contribution >= 0.6 is 11.6 Å². The van der Waals surface area contributed by atoms with Crippen molar-refractivity contribution in [3.8, 4) is 11.4 Å². The largest absolute Gasteiger partial charge is 0.434 e. The third-order valence-electron chi connectivity index (χ3n) is 3.88. The number of imidazole rings is 1. The van der Waals surface area contributed by atoms with Crippen molar-refractivity contribution in [1.82, 2.24) is 19.4 Å². The van der Waals surface area contributed by atoms with Crippen LogP contribution in [0, 0.1) is 0 Å². The summed E-state index contributed by atoms with van der Waals surface area (Å²) in [7, 11) is 0. The van der Waals surface area contributed by atoms with Crippen LogP contribution in [0.3, 0.4) is 0 Å². The first-order chi connectivity index (χ1) is 13.2. The highest BCUT2D eigenvalue weighted by Crippen LogP contribution is 2.33. The Bertz CT molecular complexity index is 1070. The van der Waals surface area contributed by atoms with E-state index in [1.54, 1.807) is 6.92 Å². The van der Waals surface area contributed by atoms with Crippen molar-refractivity contribution < 1.29 is 18.0 Å². The second-order valence-corrected chi connectivity index (χ2v) is 6.18. The second-order valence-electron chi connectivity index (χ2n) is 5.74. The van der Waals surface area contributed by atoms with Crippen LogP contribution in [-0.4, -0.2) is 26.6 Å². The van der Waals surface area contributed by atoms with E-state index < -0.39 is 23.5 Å². The number of halogens is 4. The van der Waals surface area contributed by atoms with Crippen LogP contribution in [0.1, 0.15) is 23.1 Å². The van der Waals surface area contributed by atoms with Gasteiger partial charge in [-0.25, -0.2) is 4.98 Å². The number of hydrogen-bond acceptors (Lipinski definition) is 3. The van der Waals surface area contributed by atoms with Gasteiger partial charge in [0.2, 0.25) is 0 Å². The number of benzene rings is 1. The molecule has 6 nitrogen and oxygen atoms in total. The van der Waals surface area contributed by atoms with Gasteiger partial charge in [-0.05, 0) is 37.3 Å². The Morgan fingerprint density at radius 1 is 1.14 bits per heavy atom. The molecule has 0 unspecified atom stereocenters. The van der Waals surface area contributed by atoms with Crippen LogP contribution in [0.4, 0.5) is 13.2 Å². The Morgan fingerprint density at radius 2 is 1.75 bits per heavy atom. The minimum absolute atomic E-state index is 0.140. The van der Waals surface area contributed by atoms with E-state index in [9.17, 15) is 22.8 Å². The fourth-order valence-electron chi connectivity index (χ4n) is 2.67. The molecule has 0 fully saturated rings. The average molecular weight is 411 g/mol. The molecule has 3 aromatic rings. The van der Waals surface area contributed by atoms with Crippen molar-refractivity contribution in [2.75, 3.05) is 6.54 Å². The van der Waals surface area contributed by atoms with Gasteiger partial charge in [-0.2, -0.15) is 13.2 Å². The summed E-state index contributed by atoms with van der Waals surface area (Å²) in [6.07, 6.45) is -2.38. The van der Waals surface area contributed by atoms with Crippen LogP contribution in [-0.2, 0) is 6.18 Å². The van der Waals surface area contributed by atoms with E-state index in [0.717, 1.165) is 10.9 Å². The van der Waals surface area contributed by atoms with Crippen LogP contribution < -0.4 is 10.9 Å². The molecule has 2 aromatic heterocycles. The maximum Gasteiger partial charge on any atom is 0.434 e. The summed E-state index contributed by atoms with van der Waals surface area (Å²) in [4.78, 5) is 27.6. The SMILES string of the molecule is CCNC(=O)c1ncn(-c2ccc(-n3ccc(Cl)cc3=O)cc2)c1C(F)(F)F. The van der Waals surface area contributed by atoms with Gasteiger partial charge in [0.1, 0.15) is 6.33 Å². The molecule has 2 heterocycles. The zero-order valence-corrected chi connectivity index (χ0v) is 15.3. The molecule has 0 saturated carbocycles. The lowest BCUT2D eigenvalue weighted by molar-refractivity contribution is -0.142. The lowest BCUT2D eigenvalue weighted by Crippen LogP contribution is -2.27. The van der Waals surface area contributed by atoms with Gasteiger partial charge >= 0.3 is 6.18 Å². The van der Waals surface area contributed by atoms with Crippen molar-refractivity contribution >= 4 is 17.5 Å². The average Bonchev–Trinajstić information content (AvgIpc) is 3.08. The normalized spacial score (nSPS) is 11.5. The van der Waals surface area contributed by atoms with Gasteiger partial charge in [0.15, 0.2) is 11.4 Å². The number of nitrogens with zero attached hydrogens (tertiary/aromatic N) is 3. The molecule has 0 radical (unpaired) electrons. The third-order valence-corrected chi connectivity index (χ3v) is 4.11. The fourth-order valence-corrected chi connectivity index (χ4v) is 2.82. The molecule has 0 aliphatic carbocycles. The number of carbonyl (C=O) groups is 1. The van der Waals surface area contributed by atoms with Gasteiger partial charge in [-0.15, -0.1) is 0 Å². The van der Waals surface area contributed by atoms with E-state index in [-0.39, 0.29) is 22.8 Å². The molecule has 0 aliphatic rings. The third kappa shape index (κ3) is 3.79. The summed E-state index contributed by atoms with van der Waals surface area (Å²) in [5.41, 5.74) is -1.66. The summed E-state index contributed by atoms with van der Waals surface area (Å²) in [6.45, 7) is 1.77. The number of nitrogens with one attached hydrogen (secondary N) is 1. The van der Waals surface area contributed by atoms with Crippen molar-refractivity contribution in [3.05, 3.63) is 75.7 Å². The molecule has 0 bridgehead atoms. The number of alkyl halides is 3. The molecule has 1 N–H and O–H groups in total. The molecule has 10 heteroatoms. The first-order valence-corrected chi connectivity index (χ1v) is 8.52. The second kappa shape index (κ2) is 7.51. The number of carbonyl (C=O) groups excluding carboxylic acids is 1. The van der Waals surface area contributed by atoms with Crippen LogP contribution in [0.5, 0.6) is 0 Å². The number of hydrogen-bond donors (Lipinski definition) is 1. The van der Waals surface area contributed by atoms with Gasteiger partial charge in [-0.1, -0.05) is 11.6 Å². The molecular formula is C18H14ClF3N4O2. The molecular weight excluding hydrogens is 397 g/mol. The van der Waals surface area contributed by atoms with Gasteiger partial charge in [0.05, 0.1) is 0 Å². The highest BCUT2D eigenvalue weighted by Gasteiger charge is 2.40. The summed E-state index contributed by atoms with van der Waals surface area (Å²) >= 11 is 5.76. The maximum atomic E-state index is 13.6. The van der Waals surface area contributed by atoms with E-state index >= 15 is 0 Å². The summed E-state index contributed by atoms with van der Waals surface area (Å²) < 4.78 is 42.8. The first kappa shape index (κ1) is 19.7. The lowest BCUT2D eigenvalue weighted by atomic mass is 10.2. The topological polar surface area (TPSA) is 68.9 Å². The van der Waals surface area contributed by atoms with Crippen LogP contribution in [0.25, 0.3) is 11.4 Å². The Kier molecular flexibility index (Phi) is 5.28. The zero-order valence-electron chi connectivity index (χ0n) is 14.5. The van der Waals surface area contributed by atoms with Crippen molar-refractivity contribution in [2.24, 2.45) is 0 Å². The van der Waals surface area contributed by atoms with Gasteiger partial charge in [0, 0.05) is 35.2 Å². The van der Waals surface area contributed by atoms with Crippen molar-refractivity contribution in [1.29, 1.82) is 0 Å². The predicted octanol–water partition coefficient (Wildman–Crippen LogP) is 3.45. The quantitative estimate of drug-likeness (QED) is 0.716. The smallest absolute Gasteiger partial charge is 0.351 e. The van der Waals surface area contributed by atoms with Gasteiger partial charge in [0.25, 0.3) is 11.5 Å². The van der Waals surface area contributed by atoms with E-state index in [1.165, 1.54) is 47.2 Å². The molecule has 0 saturated heterocycles. The lowest BCUT2D eigenvalue weighted by Gasteiger charge is -2.13. The summed E-state index contributed by atoms with van der Waals surface area (Å²) in [5, 5.41) is 2.60. The first-order valence-electron chi connectivity index (χ1n) is 8.14. The number of pyridine rings is 1. The fraction of sp³-hybridized carbons (Fsp3) is 0.167. The Morgan fingerprint density at radius 3 is 2.29 bits per heavy atom. The highest BCUT2D eigenvalue weighted by atomic mass is 35.5. The Hall–Kier alpha value is -3.07. The van der Waals surface area contributed by atoms with Crippen LogP contribution in [0.15, 0.2) is 53.7 Å². The molecule has 146 valence electrons. The molecule has 0 aliphatic heterocycles. The predicted molar refractivity (Wildman–Crippen MR) is 97.2 cm³/mol. The maximum absolute atomic E-state index is 13.6. The minimum atomic E-state index is -4.79. The van der Waals surface area contributed by atoms with Gasteiger partial charge < -0.3 is 5.32 Å². The molecule has 1 aromatic carbocycles. The molecule has 0 atom stereocenters. The molecule has 1 amide bonds. The monoisotopic (exact) mass is 410 g/mol. The van der Waals surface area contributed by atoms with Gasteiger partial charge in [-0.3, -0.25) is 18.7 Å². The van der Waals surface area contributed by atoms with E-state index in [4.69, 9.17) is 11.6 Å². The van der Waals surface area contributed by atoms with E-state index in [1.807, 2.05) is 0 Å². The van der Waals surface area contributed by atoms with E-state index in [2.05, 4.69) is 10.3 Å². The molecule has 28 heavy (non-hydrogen) atoms. The zero-order chi connectivity index (χ0) is 20.5. The number of aromatic nitrogens is 3. The van der Waals surface area contributed by atoms with E-state index in [0.29, 0.717) is 5.69 Å². The molecule has 3 rings (SSSR count).